The van der Waals surface area contributed by atoms with E-state index in [1.165, 1.54) is 6.07 Å². The first-order chi connectivity index (χ1) is 16.6. The molecule has 0 aliphatic carbocycles. The van der Waals surface area contributed by atoms with Gasteiger partial charge in [0.1, 0.15) is 11.6 Å². The highest BCUT2D eigenvalue weighted by Crippen LogP contribution is 2.39. The molecule has 166 valence electrons. The molecule has 0 fully saturated rings. The van der Waals surface area contributed by atoms with Gasteiger partial charge in [0.25, 0.3) is 0 Å². The van der Waals surface area contributed by atoms with Gasteiger partial charge < -0.3 is 4.90 Å². The zero-order valence-electron chi connectivity index (χ0n) is 18.8. The first-order valence-electron chi connectivity index (χ1n) is 11.1. The van der Waals surface area contributed by atoms with E-state index in [1.807, 2.05) is 54.6 Å². The summed E-state index contributed by atoms with van der Waals surface area (Å²) in [6.07, 6.45) is 0. The molecule has 0 aromatic heterocycles. The summed E-state index contributed by atoms with van der Waals surface area (Å²) in [5.74, 6) is -0.806. The van der Waals surface area contributed by atoms with Crippen molar-refractivity contribution in [2.24, 2.45) is 0 Å². The Morgan fingerprint density at radius 2 is 0.912 bits per heavy atom. The predicted octanol–water partition coefficient (Wildman–Crippen LogP) is 8.73. The SMILES string of the molecule is CN(c1ccccc1F)c1cc(-c2ccc(-c3ccccc3)cc2)c(-c2ccccc2)cc1F. The summed E-state index contributed by atoms with van der Waals surface area (Å²) in [4.78, 5) is 1.56. The van der Waals surface area contributed by atoms with Crippen LogP contribution < -0.4 is 4.90 Å². The van der Waals surface area contributed by atoms with E-state index in [-0.39, 0.29) is 0 Å². The standard InChI is InChI=1S/C31H23F2N/c1-34(30-15-9-8-14-28(30)32)31-21-27(26(20-29(31)33)24-12-6-3-7-13-24)25-18-16-23(17-19-25)22-10-4-2-5-11-22/h2-21H,1H3. The second-order valence-corrected chi connectivity index (χ2v) is 8.17. The molecule has 0 radical (unpaired) electrons. The second kappa shape index (κ2) is 9.32. The lowest BCUT2D eigenvalue weighted by molar-refractivity contribution is 0.618. The average molecular weight is 448 g/mol. The van der Waals surface area contributed by atoms with Gasteiger partial charge in [-0.05, 0) is 57.6 Å². The van der Waals surface area contributed by atoms with Gasteiger partial charge in [0.15, 0.2) is 0 Å². The third kappa shape index (κ3) is 4.20. The van der Waals surface area contributed by atoms with Crippen LogP contribution in [-0.2, 0) is 0 Å². The summed E-state index contributed by atoms with van der Waals surface area (Å²) < 4.78 is 29.9. The fraction of sp³-hybridized carbons (Fsp3) is 0.0323. The number of nitrogens with zero attached hydrogens (tertiary/aromatic N) is 1. The molecule has 0 saturated heterocycles. The van der Waals surface area contributed by atoms with Gasteiger partial charge in [0.2, 0.25) is 0 Å². The van der Waals surface area contributed by atoms with E-state index in [0.29, 0.717) is 11.4 Å². The van der Waals surface area contributed by atoms with E-state index in [1.54, 1.807) is 36.2 Å². The number of para-hydroxylation sites is 1. The van der Waals surface area contributed by atoms with Crippen LogP contribution in [0, 0.1) is 11.6 Å². The molecule has 0 aliphatic rings. The molecule has 0 amide bonds. The van der Waals surface area contributed by atoms with Crippen LogP contribution in [0.4, 0.5) is 20.2 Å². The van der Waals surface area contributed by atoms with Crippen molar-refractivity contribution in [1.82, 2.24) is 0 Å². The highest BCUT2D eigenvalue weighted by atomic mass is 19.1. The Bertz CT molecular complexity index is 1410. The largest absolute Gasteiger partial charge is 0.340 e. The van der Waals surface area contributed by atoms with E-state index in [4.69, 9.17) is 0 Å². The molecule has 3 heteroatoms. The van der Waals surface area contributed by atoms with Gasteiger partial charge in [0.05, 0.1) is 11.4 Å². The second-order valence-electron chi connectivity index (χ2n) is 8.17. The predicted molar refractivity (Wildman–Crippen MR) is 137 cm³/mol. The molecule has 0 aliphatic heterocycles. The first-order valence-corrected chi connectivity index (χ1v) is 11.1. The highest BCUT2D eigenvalue weighted by Gasteiger charge is 2.18. The molecule has 1 nitrogen and oxygen atoms in total. The van der Waals surface area contributed by atoms with Gasteiger partial charge >= 0.3 is 0 Å². The Morgan fingerprint density at radius 1 is 0.441 bits per heavy atom. The third-order valence-corrected chi connectivity index (χ3v) is 6.05. The number of halogens is 2. The van der Waals surface area contributed by atoms with Crippen molar-refractivity contribution in [3.05, 3.63) is 133 Å². The highest BCUT2D eigenvalue weighted by molar-refractivity contribution is 5.87. The van der Waals surface area contributed by atoms with Crippen LogP contribution in [0.3, 0.4) is 0 Å². The maximum absolute atomic E-state index is 15.4. The zero-order chi connectivity index (χ0) is 23.5. The number of hydrogen-bond acceptors (Lipinski definition) is 1. The summed E-state index contributed by atoms with van der Waals surface area (Å²) >= 11 is 0. The van der Waals surface area contributed by atoms with Crippen molar-refractivity contribution >= 4 is 11.4 Å². The minimum Gasteiger partial charge on any atom is -0.340 e. The normalized spacial score (nSPS) is 10.8. The summed E-state index contributed by atoms with van der Waals surface area (Å²) in [5, 5.41) is 0. The number of anilines is 2. The maximum atomic E-state index is 15.4. The third-order valence-electron chi connectivity index (χ3n) is 6.05. The number of rotatable bonds is 5. The van der Waals surface area contributed by atoms with Crippen LogP contribution in [0.5, 0.6) is 0 Å². The van der Waals surface area contributed by atoms with E-state index >= 15 is 4.39 Å². The molecule has 0 N–H and O–H groups in total. The van der Waals surface area contributed by atoms with Crippen molar-refractivity contribution in [2.45, 2.75) is 0 Å². The van der Waals surface area contributed by atoms with E-state index < -0.39 is 11.6 Å². The summed E-state index contributed by atoms with van der Waals surface area (Å²) in [6, 6.07) is 37.9. The lowest BCUT2D eigenvalue weighted by Crippen LogP contribution is -2.13. The maximum Gasteiger partial charge on any atom is 0.147 e. The van der Waals surface area contributed by atoms with Gasteiger partial charge in [0, 0.05) is 7.05 Å². The minimum atomic E-state index is -0.408. The average Bonchev–Trinajstić information content (AvgIpc) is 2.89. The summed E-state index contributed by atoms with van der Waals surface area (Å²) in [7, 11) is 1.68. The number of hydrogen-bond donors (Lipinski definition) is 0. The van der Waals surface area contributed by atoms with E-state index in [9.17, 15) is 4.39 Å². The topological polar surface area (TPSA) is 3.24 Å². The molecular formula is C31H23F2N. The molecule has 0 atom stereocenters. The molecular weight excluding hydrogens is 424 g/mol. The molecule has 0 heterocycles. The Balaban J connectivity index is 1.65. The van der Waals surface area contributed by atoms with Crippen molar-refractivity contribution in [3.8, 4) is 33.4 Å². The Hall–Kier alpha value is -4.24. The van der Waals surface area contributed by atoms with Crippen molar-refractivity contribution < 1.29 is 8.78 Å². The lowest BCUT2D eigenvalue weighted by atomic mass is 9.92. The Kier molecular flexibility index (Phi) is 5.92. The summed E-state index contributed by atoms with van der Waals surface area (Å²) in [6.45, 7) is 0. The fourth-order valence-corrected chi connectivity index (χ4v) is 4.24. The zero-order valence-corrected chi connectivity index (χ0v) is 18.8. The van der Waals surface area contributed by atoms with Crippen LogP contribution in [0.15, 0.2) is 121 Å². The molecule has 5 rings (SSSR count). The Morgan fingerprint density at radius 3 is 1.56 bits per heavy atom. The molecule has 0 unspecified atom stereocenters. The van der Waals surface area contributed by atoms with Gasteiger partial charge in [-0.15, -0.1) is 0 Å². The van der Waals surface area contributed by atoms with Crippen molar-refractivity contribution in [3.63, 3.8) is 0 Å². The van der Waals surface area contributed by atoms with Crippen LogP contribution in [0.1, 0.15) is 0 Å². The van der Waals surface area contributed by atoms with Crippen molar-refractivity contribution in [1.29, 1.82) is 0 Å². The quantitative estimate of drug-likeness (QED) is 0.260. The molecule has 0 saturated carbocycles. The van der Waals surface area contributed by atoms with Gasteiger partial charge in [-0.1, -0.05) is 97.1 Å². The number of benzene rings is 5. The van der Waals surface area contributed by atoms with Crippen LogP contribution >= 0.6 is 0 Å². The molecule has 5 aromatic rings. The van der Waals surface area contributed by atoms with Crippen molar-refractivity contribution in [2.75, 3.05) is 11.9 Å². The minimum absolute atomic E-state index is 0.312. The van der Waals surface area contributed by atoms with E-state index in [0.717, 1.165) is 33.4 Å². The molecule has 5 aromatic carbocycles. The smallest absolute Gasteiger partial charge is 0.147 e. The van der Waals surface area contributed by atoms with E-state index in [2.05, 4.69) is 36.4 Å². The summed E-state index contributed by atoms with van der Waals surface area (Å²) in [5.41, 5.74) is 6.42. The molecule has 34 heavy (non-hydrogen) atoms. The van der Waals surface area contributed by atoms with Gasteiger partial charge in [-0.3, -0.25) is 0 Å². The monoisotopic (exact) mass is 447 g/mol. The fourth-order valence-electron chi connectivity index (χ4n) is 4.24. The molecule has 0 bridgehead atoms. The van der Waals surface area contributed by atoms with Crippen LogP contribution in [0.25, 0.3) is 33.4 Å². The first kappa shape index (κ1) is 21.6. The molecule has 0 spiro atoms. The van der Waals surface area contributed by atoms with Gasteiger partial charge in [-0.2, -0.15) is 0 Å². The van der Waals surface area contributed by atoms with Gasteiger partial charge in [-0.25, -0.2) is 8.78 Å². The lowest BCUT2D eigenvalue weighted by Gasteiger charge is -2.23. The van der Waals surface area contributed by atoms with Crippen LogP contribution in [0.2, 0.25) is 0 Å². The Labute approximate surface area is 198 Å². The van der Waals surface area contributed by atoms with Crippen LogP contribution in [-0.4, -0.2) is 7.05 Å².